The minimum atomic E-state index is 0.511. The summed E-state index contributed by atoms with van der Waals surface area (Å²) in [6.45, 7) is 3.77. The fourth-order valence-electron chi connectivity index (χ4n) is 2.98. The summed E-state index contributed by atoms with van der Waals surface area (Å²) in [6.07, 6.45) is 6.28. The molecule has 0 radical (unpaired) electrons. The molecule has 1 aromatic carbocycles. The highest BCUT2D eigenvalue weighted by Gasteiger charge is 2.13. The Labute approximate surface area is 130 Å². The maximum Gasteiger partial charge on any atom is 0.152 e. The Morgan fingerprint density at radius 1 is 1.23 bits per heavy atom. The lowest BCUT2D eigenvalue weighted by Gasteiger charge is -2.08. The van der Waals surface area contributed by atoms with E-state index in [1.165, 1.54) is 10.9 Å². The van der Waals surface area contributed by atoms with E-state index in [1.807, 2.05) is 10.7 Å². The van der Waals surface area contributed by atoms with Crippen LogP contribution in [-0.4, -0.2) is 21.3 Å². The van der Waals surface area contributed by atoms with E-state index < -0.39 is 0 Å². The lowest BCUT2D eigenvalue weighted by Crippen LogP contribution is -2.00. The third kappa shape index (κ3) is 2.64. The molecule has 0 aliphatic carbocycles. The zero-order valence-electron chi connectivity index (χ0n) is 13.0. The summed E-state index contributed by atoms with van der Waals surface area (Å²) >= 11 is 0. The molecule has 0 aliphatic heterocycles. The molecule has 0 bridgehead atoms. The van der Waals surface area contributed by atoms with Gasteiger partial charge in [-0.2, -0.15) is 5.10 Å². The van der Waals surface area contributed by atoms with Gasteiger partial charge in [-0.25, -0.2) is 4.98 Å². The van der Waals surface area contributed by atoms with Gasteiger partial charge in [0.15, 0.2) is 5.82 Å². The van der Waals surface area contributed by atoms with Crippen LogP contribution >= 0.6 is 0 Å². The van der Waals surface area contributed by atoms with Gasteiger partial charge in [0.05, 0.1) is 5.52 Å². The second-order valence-electron chi connectivity index (χ2n) is 5.71. The minimum Gasteiger partial charge on any atom is -0.382 e. The normalized spacial score (nSPS) is 11.5. The molecule has 0 unspecified atom stereocenters. The van der Waals surface area contributed by atoms with Gasteiger partial charge in [0, 0.05) is 23.5 Å². The first kappa shape index (κ1) is 14.8. The molecule has 22 heavy (non-hydrogen) atoms. The number of pyridine rings is 1. The molecule has 5 heteroatoms. The van der Waals surface area contributed by atoms with E-state index >= 15 is 0 Å². The lowest BCUT2D eigenvalue weighted by atomic mass is 10.0. The second kappa shape index (κ2) is 6.32. The average molecular weight is 297 g/mol. The molecule has 116 valence electrons. The molecule has 5 nitrogen and oxygen atoms in total. The summed E-state index contributed by atoms with van der Waals surface area (Å²) in [6, 6.07) is 6.25. The number of benzene rings is 1. The fourth-order valence-corrected chi connectivity index (χ4v) is 2.98. The molecule has 0 aliphatic rings. The van der Waals surface area contributed by atoms with Crippen LogP contribution in [0.1, 0.15) is 31.7 Å². The molecule has 2 heterocycles. The van der Waals surface area contributed by atoms with Crippen molar-refractivity contribution in [2.24, 2.45) is 5.73 Å². The maximum absolute atomic E-state index is 6.10. The highest BCUT2D eigenvalue weighted by molar-refractivity contribution is 6.09. The molecule has 0 amide bonds. The van der Waals surface area contributed by atoms with E-state index in [4.69, 9.17) is 11.5 Å². The summed E-state index contributed by atoms with van der Waals surface area (Å²) < 4.78 is 1.97. The Bertz CT molecular complexity index is 790. The van der Waals surface area contributed by atoms with Gasteiger partial charge in [-0.1, -0.05) is 19.1 Å². The van der Waals surface area contributed by atoms with Crippen molar-refractivity contribution in [2.45, 2.75) is 39.2 Å². The SMILES string of the molecule is CCCn1cc2c(n1)c(N)nc1cccc(CCCCN)c12. The van der Waals surface area contributed by atoms with Gasteiger partial charge >= 0.3 is 0 Å². The minimum absolute atomic E-state index is 0.511. The van der Waals surface area contributed by atoms with E-state index in [-0.39, 0.29) is 0 Å². The average Bonchev–Trinajstić information content (AvgIpc) is 2.92. The lowest BCUT2D eigenvalue weighted by molar-refractivity contribution is 0.609. The van der Waals surface area contributed by atoms with Crippen molar-refractivity contribution in [3.63, 3.8) is 0 Å². The summed E-state index contributed by atoms with van der Waals surface area (Å²) in [4.78, 5) is 4.54. The van der Waals surface area contributed by atoms with Crippen LogP contribution in [-0.2, 0) is 13.0 Å². The fraction of sp³-hybridized carbons (Fsp3) is 0.412. The smallest absolute Gasteiger partial charge is 0.152 e. The molecule has 4 N–H and O–H groups in total. The number of hydrogen-bond donors (Lipinski definition) is 2. The Kier molecular flexibility index (Phi) is 4.24. The van der Waals surface area contributed by atoms with Gasteiger partial charge in [0.2, 0.25) is 0 Å². The topological polar surface area (TPSA) is 82.8 Å². The van der Waals surface area contributed by atoms with Crippen molar-refractivity contribution in [3.05, 3.63) is 30.0 Å². The number of rotatable bonds is 6. The molecular weight excluding hydrogens is 274 g/mol. The molecule has 0 saturated heterocycles. The van der Waals surface area contributed by atoms with Crippen LogP contribution in [0.2, 0.25) is 0 Å². The Balaban J connectivity index is 2.18. The largest absolute Gasteiger partial charge is 0.382 e. The number of nitrogens with zero attached hydrogens (tertiary/aromatic N) is 3. The van der Waals surface area contributed by atoms with Gasteiger partial charge in [0.1, 0.15) is 5.52 Å². The first-order chi connectivity index (χ1) is 10.7. The quantitative estimate of drug-likeness (QED) is 0.685. The predicted molar refractivity (Wildman–Crippen MR) is 91.7 cm³/mol. The molecule has 0 spiro atoms. The number of hydrogen-bond acceptors (Lipinski definition) is 4. The predicted octanol–water partition coefficient (Wildman–Crippen LogP) is 2.86. The summed E-state index contributed by atoms with van der Waals surface area (Å²) in [5, 5.41) is 6.90. The molecular formula is C17H23N5. The first-order valence-corrected chi connectivity index (χ1v) is 7.99. The summed E-state index contributed by atoms with van der Waals surface area (Å²) in [5.74, 6) is 0.511. The number of nitrogens with two attached hydrogens (primary N) is 2. The van der Waals surface area contributed by atoms with E-state index in [0.29, 0.717) is 5.82 Å². The van der Waals surface area contributed by atoms with Crippen molar-refractivity contribution in [2.75, 3.05) is 12.3 Å². The van der Waals surface area contributed by atoms with Crippen molar-refractivity contribution in [3.8, 4) is 0 Å². The Morgan fingerprint density at radius 3 is 2.86 bits per heavy atom. The van der Waals surface area contributed by atoms with Crippen LogP contribution in [0.4, 0.5) is 5.82 Å². The highest BCUT2D eigenvalue weighted by atomic mass is 15.3. The molecule has 0 fully saturated rings. The Hall–Kier alpha value is -2.14. The van der Waals surface area contributed by atoms with Crippen molar-refractivity contribution in [1.29, 1.82) is 0 Å². The van der Waals surface area contributed by atoms with Crippen LogP contribution in [0.5, 0.6) is 0 Å². The van der Waals surface area contributed by atoms with Crippen LogP contribution in [0.15, 0.2) is 24.4 Å². The van der Waals surface area contributed by atoms with Crippen molar-refractivity contribution in [1.82, 2.24) is 14.8 Å². The van der Waals surface area contributed by atoms with Crippen LogP contribution in [0.25, 0.3) is 21.8 Å². The summed E-state index contributed by atoms with van der Waals surface area (Å²) in [5.41, 5.74) is 14.8. The zero-order valence-corrected chi connectivity index (χ0v) is 13.0. The van der Waals surface area contributed by atoms with Gasteiger partial charge in [0.25, 0.3) is 0 Å². The van der Waals surface area contributed by atoms with Gasteiger partial charge in [-0.05, 0) is 43.9 Å². The monoisotopic (exact) mass is 297 g/mol. The van der Waals surface area contributed by atoms with Crippen LogP contribution < -0.4 is 11.5 Å². The van der Waals surface area contributed by atoms with Gasteiger partial charge in [-0.15, -0.1) is 0 Å². The van der Waals surface area contributed by atoms with E-state index in [1.54, 1.807) is 0 Å². The number of fused-ring (bicyclic) bond motifs is 3. The number of aryl methyl sites for hydroxylation is 2. The van der Waals surface area contributed by atoms with Crippen molar-refractivity contribution < 1.29 is 0 Å². The molecule has 3 aromatic rings. The standard InChI is InChI=1S/C17H23N5/c1-2-10-22-11-13-15-12(6-3-4-9-18)7-5-8-14(15)20-17(19)16(13)21-22/h5,7-8,11H,2-4,6,9-10,18H2,1H3,(H2,19,20). The first-order valence-electron chi connectivity index (χ1n) is 7.99. The Morgan fingerprint density at radius 2 is 2.09 bits per heavy atom. The van der Waals surface area contributed by atoms with Gasteiger partial charge in [-0.3, -0.25) is 4.68 Å². The van der Waals surface area contributed by atoms with E-state index in [0.717, 1.165) is 55.2 Å². The molecule has 3 rings (SSSR count). The van der Waals surface area contributed by atoms with Crippen molar-refractivity contribution >= 4 is 27.6 Å². The highest BCUT2D eigenvalue weighted by Crippen LogP contribution is 2.30. The number of anilines is 1. The second-order valence-corrected chi connectivity index (χ2v) is 5.71. The number of nitrogen functional groups attached to an aromatic ring is 1. The number of aromatic nitrogens is 3. The van der Waals surface area contributed by atoms with E-state index in [2.05, 4.69) is 35.3 Å². The molecule has 0 atom stereocenters. The number of unbranched alkanes of at least 4 members (excludes halogenated alkanes) is 1. The van der Waals surface area contributed by atoms with Crippen LogP contribution in [0.3, 0.4) is 0 Å². The van der Waals surface area contributed by atoms with Crippen LogP contribution in [0, 0.1) is 0 Å². The zero-order chi connectivity index (χ0) is 15.5. The molecule has 0 saturated carbocycles. The third-order valence-corrected chi connectivity index (χ3v) is 4.00. The molecule has 2 aromatic heterocycles. The van der Waals surface area contributed by atoms with Gasteiger partial charge < -0.3 is 11.5 Å². The summed E-state index contributed by atoms with van der Waals surface area (Å²) in [7, 11) is 0. The third-order valence-electron chi connectivity index (χ3n) is 4.00. The maximum atomic E-state index is 6.10. The van der Waals surface area contributed by atoms with E-state index in [9.17, 15) is 0 Å².